The topological polar surface area (TPSA) is 59.7 Å². The summed E-state index contributed by atoms with van der Waals surface area (Å²) in [5, 5.41) is 4.25. The standard InChI is InChI=1S/C26H26F6N4O2/c1-25(2,3)38-24(37)35-10-13-4-5-14(11-35)17(13)9-20-33-23-18(16-6-7-19(27)22(29)21(16)28)8-15(26(30,31)32)12-36(23)34-20/h6-8,12-14,17H,4-5,9-11H2,1-3H3/t13-,14+,17?. The van der Waals surface area contributed by atoms with Gasteiger partial charge in [0.05, 0.1) is 5.56 Å². The number of rotatable bonds is 3. The molecule has 2 aliphatic rings. The number of aromatic nitrogens is 3. The van der Waals surface area contributed by atoms with Gasteiger partial charge in [0, 0.05) is 36.8 Å². The maximum Gasteiger partial charge on any atom is 0.417 e. The molecule has 38 heavy (non-hydrogen) atoms. The second-order valence-electron chi connectivity index (χ2n) is 11.0. The summed E-state index contributed by atoms with van der Waals surface area (Å²) < 4.78 is 89.3. The number of fused-ring (bicyclic) bond motifs is 3. The molecule has 0 N–H and O–H groups in total. The number of piperidine rings is 1. The summed E-state index contributed by atoms with van der Waals surface area (Å²) >= 11 is 0. The van der Waals surface area contributed by atoms with Crippen LogP contribution in [0, 0.1) is 35.2 Å². The predicted octanol–water partition coefficient (Wildman–Crippen LogP) is 6.27. The van der Waals surface area contributed by atoms with Gasteiger partial charge in [-0.2, -0.15) is 18.3 Å². The molecule has 1 saturated heterocycles. The average molecular weight is 541 g/mol. The number of likely N-dealkylation sites (tertiary alicyclic amines) is 1. The van der Waals surface area contributed by atoms with Crippen molar-refractivity contribution in [3.05, 3.63) is 53.2 Å². The fraction of sp³-hybridized carbons (Fsp3) is 0.500. The Bertz CT molecular complexity index is 1380. The molecule has 1 amide bonds. The van der Waals surface area contributed by atoms with Gasteiger partial charge in [0.1, 0.15) is 5.60 Å². The molecular formula is C26H26F6N4O2. The zero-order valence-electron chi connectivity index (χ0n) is 21.0. The smallest absolute Gasteiger partial charge is 0.417 e. The van der Waals surface area contributed by atoms with Crippen molar-refractivity contribution in [2.45, 2.75) is 51.8 Å². The molecule has 2 bridgehead atoms. The van der Waals surface area contributed by atoms with Crippen LogP contribution < -0.4 is 0 Å². The Hall–Kier alpha value is -3.31. The average Bonchev–Trinajstić information content (AvgIpc) is 3.31. The molecule has 3 atom stereocenters. The summed E-state index contributed by atoms with van der Waals surface area (Å²) in [7, 11) is 0. The minimum atomic E-state index is -4.79. The highest BCUT2D eigenvalue weighted by molar-refractivity contribution is 5.78. The number of halogens is 6. The van der Waals surface area contributed by atoms with Gasteiger partial charge in [0.2, 0.25) is 0 Å². The zero-order valence-corrected chi connectivity index (χ0v) is 21.0. The molecule has 1 aliphatic carbocycles. The molecule has 1 unspecified atom stereocenters. The maximum absolute atomic E-state index is 14.6. The van der Waals surface area contributed by atoms with E-state index in [9.17, 15) is 31.1 Å². The molecule has 1 saturated carbocycles. The molecule has 1 aromatic carbocycles. The number of ether oxygens (including phenoxy) is 1. The Kier molecular flexibility index (Phi) is 6.34. The number of hydrogen-bond acceptors (Lipinski definition) is 4. The monoisotopic (exact) mass is 540 g/mol. The molecule has 12 heteroatoms. The van der Waals surface area contributed by atoms with Gasteiger partial charge in [-0.3, -0.25) is 0 Å². The van der Waals surface area contributed by atoms with Crippen molar-refractivity contribution < 1.29 is 35.9 Å². The lowest BCUT2D eigenvalue weighted by Gasteiger charge is -2.38. The molecule has 5 rings (SSSR count). The molecule has 6 nitrogen and oxygen atoms in total. The number of alkyl halides is 3. The van der Waals surface area contributed by atoms with Crippen molar-refractivity contribution in [3.63, 3.8) is 0 Å². The number of carbonyl (C=O) groups is 1. The lowest BCUT2D eigenvalue weighted by molar-refractivity contribution is -0.137. The number of benzene rings is 1. The van der Waals surface area contributed by atoms with Gasteiger partial charge in [-0.1, -0.05) is 0 Å². The number of hydrogen-bond donors (Lipinski definition) is 0. The van der Waals surface area contributed by atoms with Gasteiger partial charge in [0.15, 0.2) is 28.9 Å². The number of pyridine rings is 1. The van der Waals surface area contributed by atoms with Crippen molar-refractivity contribution in [1.29, 1.82) is 0 Å². The summed E-state index contributed by atoms with van der Waals surface area (Å²) in [4.78, 5) is 18.7. The van der Waals surface area contributed by atoms with Gasteiger partial charge in [-0.25, -0.2) is 27.5 Å². The fourth-order valence-corrected chi connectivity index (χ4v) is 5.56. The minimum absolute atomic E-state index is 0.0941. The Morgan fingerprint density at radius 3 is 2.29 bits per heavy atom. The fourth-order valence-electron chi connectivity index (χ4n) is 5.56. The van der Waals surface area contributed by atoms with Crippen LogP contribution in [0.25, 0.3) is 16.8 Å². The molecule has 2 aromatic heterocycles. The first-order valence-electron chi connectivity index (χ1n) is 12.3. The quantitative estimate of drug-likeness (QED) is 0.290. The van der Waals surface area contributed by atoms with Crippen molar-refractivity contribution in [1.82, 2.24) is 19.5 Å². The highest BCUT2D eigenvalue weighted by atomic mass is 19.4. The van der Waals surface area contributed by atoms with E-state index in [2.05, 4.69) is 10.1 Å². The SMILES string of the molecule is CC(C)(C)OC(=O)N1C[C@H]2CC[C@@H](C1)C2Cc1nc2c(-c3ccc(F)c(F)c3F)cc(C(F)(F)F)cn2n1. The van der Waals surface area contributed by atoms with E-state index in [1.807, 2.05) is 0 Å². The van der Waals surface area contributed by atoms with E-state index >= 15 is 0 Å². The summed E-state index contributed by atoms with van der Waals surface area (Å²) in [5.74, 6) is -4.22. The van der Waals surface area contributed by atoms with Crippen LogP contribution in [-0.2, 0) is 17.3 Å². The Morgan fingerprint density at radius 1 is 1.03 bits per heavy atom. The normalized spacial score (nSPS) is 21.8. The van der Waals surface area contributed by atoms with E-state index in [0.29, 0.717) is 31.6 Å². The van der Waals surface area contributed by atoms with Crippen molar-refractivity contribution in [2.24, 2.45) is 17.8 Å². The van der Waals surface area contributed by atoms with Crippen LogP contribution in [0.4, 0.5) is 31.1 Å². The lowest BCUT2D eigenvalue weighted by atomic mass is 9.82. The number of nitrogens with zero attached hydrogens (tertiary/aromatic N) is 4. The Balaban J connectivity index is 1.47. The Labute approximate surface area is 214 Å². The van der Waals surface area contributed by atoms with Crippen LogP contribution >= 0.6 is 0 Å². The second kappa shape index (κ2) is 9.16. The lowest BCUT2D eigenvalue weighted by Crippen LogP contribution is -2.47. The van der Waals surface area contributed by atoms with E-state index in [1.165, 1.54) is 0 Å². The van der Waals surface area contributed by atoms with Gasteiger partial charge in [-0.15, -0.1) is 0 Å². The summed E-state index contributed by atoms with van der Waals surface area (Å²) in [6.07, 6.45) is -2.32. The molecule has 3 aromatic rings. The van der Waals surface area contributed by atoms with Gasteiger partial charge in [-0.05, 0) is 69.6 Å². The third-order valence-corrected chi connectivity index (χ3v) is 7.23. The van der Waals surface area contributed by atoms with Crippen LogP contribution in [0.2, 0.25) is 0 Å². The van der Waals surface area contributed by atoms with Crippen molar-refractivity contribution in [3.8, 4) is 11.1 Å². The number of amides is 1. The van der Waals surface area contributed by atoms with Crippen LogP contribution in [-0.4, -0.2) is 44.3 Å². The first-order valence-corrected chi connectivity index (χ1v) is 12.3. The summed E-state index contributed by atoms with van der Waals surface area (Å²) in [6.45, 7) is 6.38. The summed E-state index contributed by atoms with van der Waals surface area (Å²) in [5.41, 5.74) is -2.75. The molecule has 1 aliphatic heterocycles. The van der Waals surface area contributed by atoms with Crippen LogP contribution in [0.3, 0.4) is 0 Å². The maximum atomic E-state index is 14.6. The third kappa shape index (κ3) is 4.92. The molecule has 2 fully saturated rings. The van der Waals surface area contributed by atoms with Crippen molar-refractivity contribution >= 4 is 11.7 Å². The first-order chi connectivity index (χ1) is 17.7. The summed E-state index contributed by atoms with van der Waals surface area (Å²) in [6, 6.07) is 2.19. The molecular weight excluding hydrogens is 514 g/mol. The van der Waals surface area contributed by atoms with Gasteiger partial charge >= 0.3 is 12.3 Å². The molecule has 0 radical (unpaired) electrons. The van der Waals surface area contributed by atoms with Crippen molar-refractivity contribution in [2.75, 3.05) is 13.1 Å². The van der Waals surface area contributed by atoms with Gasteiger partial charge in [0.25, 0.3) is 0 Å². The van der Waals surface area contributed by atoms with E-state index in [4.69, 9.17) is 4.74 Å². The molecule has 204 valence electrons. The molecule has 3 heterocycles. The first kappa shape index (κ1) is 26.3. The van der Waals surface area contributed by atoms with Crippen LogP contribution in [0.15, 0.2) is 24.4 Å². The van der Waals surface area contributed by atoms with E-state index < -0.39 is 40.4 Å². The third-order valence-electron chi connectivity index (χ3n) is 7.23. The minimum Gasteiger partial charge on any atom is -0.444 e. The second-order valence-corrected chi connectivity index (χ2v) is 11.0. The van der Waals surface area contributed by atoms with E-state index in [0.717, 1.165) is 29.6 Å². The van der Waals surface area contributed by atoms with Crippen LogP contribution in [0.5, 0.6) is 0 Å². The highest BCUT2D eigenvalue weighted by Crippen LogP contribution is 2.44. The van der Waals surface area contributed by atoms with Crippen LogP contribution in [0.1, 0.15) is 45.0 Å². The highest BCUT2D eigenvalue weighted by Gasteiger charge is 2.44. The zero-order chi connectivity index (χ0) is 27.6. The predicted molar refractivity (Wildman–Crippen MR) is 125 cm³/mol. The van der Waals surface area contributed by atoms with E-state index in [-0.39, 0.29) is 40.9 Å². The Morgan fingerprint density at radius 2 is 1.68 bits per heavy atom. The number of carbonyl (C=O) groups excluding carboxylic acids is 1. The van der Waals surface area contributed by atoms with E-state index in [1.54, 1.807) is 25.7 Å². The van der Waals surface area contributed by atoms with Gasteiger partial charge < -0.3 is 9.64 Å². The largest absolute Gasteiger partial charge is 0.444 e. The molecule has 0 spiro atoms.